The lowest BCUT2D eigenvalue weighted by atomic mass is 10.0. The van der Waals surface area contributed by atoms with Crippen molar-refractivity contribution in [2.75, 3.05) is 16.8 Å². The number of benzene rings is 2. The molecule has 41 heavy (non-hydrogen) atoms. The fraction of sp³-hybridized carbons (Fsp3) is 0.194. The molecule has 2 aliphatic heterocycles. The Morgan fingerprint density at radius 3 is 2.68 bits per heavy atom. The molecular weight excluding hydrogens is 561 g/mol. The monoisotopic (exact) mass is 585 g/mol. The van der Waals surface area contributed by atoms with Crippen LogP contribution < -0.4 is 10.2 Å². The van der Waals surface area contributed by atoms with Crippen LogP contribution in [0.15, 0.2) is 73.1 Å². The molecule has 0 bridgehead atoms. The molecule has 0 radical (unpaired) electrons. The molecule has 0 spiro atoms. The van der Waals surface area contributed by atoms with Crippen LogP contribution in [0.25, 0.3) is 0 Å². The highest BCUT2D eigenvalue weighted by Gasteiger charge is 2.36. The molecule has 0 unspecified atom stereocenters. The van der Waals surface area contributed by atoms with E-state index in [1.807, 2.05) is 25.1 Å². The third kappa shape index (κ3) is 5.28. The molecule has 3 amide bonds. The first-order chi connectivity index (χ1) is 19.8. The molecule has 4 heterocycles. The summed E-state index contributed by atoms with van der Waals surface area (Å²) in [6.45, 7) is 2.59. The van der Waals surface area contributed by atoms with Crippen molar-refractivity contribution in [1.82, 2.24) is 14.9 Å². The average molecular weight is 586 g/mol. The SMILES string of the molecule is Cc1cnc2c(c1)CCN2C(=O)c1ccc(CN2C(=O)c3ccc(Cl)cc3NC(=O)[C@H]2Cc2ccccn2)cc1Cl. The van der Waals surface area contributed by atoms with Crippen LogP contribution in [0.4, 0.5) is 11.5 Å². The third-order valence-electron chi connectivity index (χ3n) is 7.34. The van der Waals surface area contributed by atoms with Gasteiger partial charge in [0.05, 0.1) is 21.8 Å². The normalized spacial score (nSPS) is 16.2. The van der Waals surface area contributed by atoms with Gasteiger partial charge in [-0.1, -0.05) is 41.4 Å². The van der Waals surface area contributed by atoms with Crippen LogP contribution in [-0.2, 0) is 24.2 Å². The van der Waals surface area contributed by atoms with Gasteiger partial charge in [-0.05, 0) is 72.5 Å². The largest absolute Gasteiger partial charge is 0.323 e. The van der Waals surface area contributed by atoms with Crippen LogP contribution >= 0.6 is 23.2 Å². The molecule has 10 heteroatoms. The molecule has 4 aromatic rings. The molecule has 6 rings (SSSR count). The van der Waals surface area contributed by atoms with E-state index < -0.39 is 6.04 Å². The maximum atomic E-state index is 13.8. The Labute approximate surface area is 246 Å². The number of aromatic nitrogens is 2. The van der Waals surface area contributed by atoms with Crippen LogP contribution in [0.1, 0.15) is 43.1 Å². The zero-order valence-electron chi connectivity index (χ0n) is 22.1. The predicted molar refractivity (Wildman–Crippen MR) is 157 cm³/mol. The molecule has 0 saturated carbocycles. The number of carbonyl (C=O) groups is 3. The van der Waals surface area contributed by atoms with Crippen molar-refractivity contribution in [3.8, 4) is 0 Å². The first-order valence-electron chi connectivity index (χ1n) is 13.2. The van der Waals surface area contributed by atoms with Gasteiger partial charge in [0.15, 0.2) is 0 Å². The second-order valence-electron chi connectivity index (χ2n) is 10.2. The summed E-state index contributed by atoms with van der Waals surface area (Å²) < 4.78 is 0. The van der Waals surface area contributed by atoms with E-state index in [2.05, 4.69) is 15.3 Å². The number of carbonyl (C=O) groups excluding carboxylic acids is 3. The van der Waals surface area contributed by atoms with Crippen molar-refractivity contribution in [3.63, 3.8) is 0 Å². The molecule has 0 aliphatic carbocycles. The van der Waals surface area contributed by atoms with Gasteiger partial charge in [-0.15, -0.1) is 0 Å². The Bertz CT molecular complexity index is 1690. The van der Waals surface area contributed by atoms with E-state index >= 15 is 0 Å². The highest BCUT2D eigenvalue weighted by Crippen LogP contribution is 2.32. The maximum Gasteiger partial charge on any atom is 0.260 e. The van der Waals surface area contributed by atoms with Crippen molar-refractivity contribution in [1.29, 1.82) is 0 Å². The molecule has 2 aliphatic rings. The lowest BCUT2D eigenvalue weighted by Crippen LogP contribution is -2.46. The summed E-state index contributed by atoms with van der Waals surface area (Å²) in [7, 11) is 0. The zero-order valence-corrected chi connectivity index (χ0v) is 23.6. The lowest BCUT2D eigenvalue weighted by Gasteiger charge is -2.29. The number of fused-ring (bicyclic) bond motifs is 2. The van der Waals surface area contributed by atoms with Crippen molar-refractivity contribution >= 4 is 52.4 Å². The van der Waals surface area contributed by atoms with Crippen molar-refractivity contribution in [3.05, 3.63) is 117 Å². The standard InChI is InChI=1S/C31H25Cl2N5O3/c1-18-12-20-9-11-37(28(20)35-16-18)30(40)23-7-5-19(13-25(23)33)17-38-27(15-22-4-2-3-10-34-22)29(39)36-26-14-21(32)6-8-24(26)31(38)41/h2-8,10,12-14,16,27H,9,11,15,17H2,1H3,(H,36,39)/t27-/m1/s1. The Morgan fingerprint density at radius 2 is 1.90 bits per heavy atom. The summed E-state index contributed by atoms with van der Waals surface area (Å²) in [6, 6.07) is 16.5. The molecule has 2 aromatic heterocycles. The number of hydrogen-bond acceptors (Lipinski definition) is 5. The summed E-state index contributed by atoms with van der Waals surface area (Å²) in [5, 5.41) is 3.53. The second kappa shape index (κ2) is 11.0. The van der Waals surface area contributed by atoms with Crippen LogP contribution in [0.2, 0.25) is 10.0 Å². The minimum Gasteiger partial charge on any atom is -0.323 e. The van der Waals surface area contributed by atoms with E-state index in [0.717, 1.165) is 17.5 Å². The number of pyridine rings is 2. The fourth-order valence-corrected chi connectivity index (χ4v) is 5.78. The van der Waals surface area contributed by atoms with Crippen LogP contribution in [-0.4, -0.2) is 45.2 Å². The molecule has 1 N–H and O–H groups in total. The number of rotatable bonds is 5. The summed E-state index contributed by atoms with van der Waals surface area (Å²) >= 11 is 12.8. The van der Waals surface area contributed by atoms with Crippen LogP contribution in [0, 0.1) is 6.92 Å². The molecule has 0 saturated heterocycles. The van der Waals surface area contributed by atoms with Crippen LogP contribution in [0.5, 0.6) is 0 Å². The molecule has 2 aromatic carbocycles. The predicted octanol–water partition coefficient (Wildman–Crippen LogP) is 5.50. The molecule has 0 fully saturated rings. The number of amides is 3. The van der Waals surface area contributed by atoms with E-state index in [-0.39, 0.29) is 35.7 Å². The first kappa shape index (κ1) is 26.9. The Hall–Kier alpha value is -4.27. The van der Waals surface area contributed by atoms with E-state index in [1.54, 1.807) is 59.8 Å². The number of hydrogen-bond donors (Lipinski definition) is 1. The summed E-state index contributed by atoms with van der Waals surface area (Å²) in [5.74, 6) is -0.264. The van der Waals surface area contributed by atoms with E-state index in [9.17, 15) is 14.4 Å². The molecule has 1 atom stereocenters. The number of nitrogens with one attached hydrogen (secondary N) is 1. The number of aryl methyl sites for hydroxylation is 1. The van der Waals surface area contributed by atoms with Gasteiger partial charge in [0.1, 0.15) is 11.9 Å². The topological polar surface area (TPSA) is 95.5 Å². The van der Waals surface area contributed by atoms with Gasteiger partial charge in [0, 0.05) is 42.6 Å². The zero-order chi connectivity index (χ0) is 28.7. The summed E-state index contributed by atoms with van der Waals surface area (Å²) in [5.41, 5.74) is 4.45. The first-order valence-corrected chi connectivity index (χ1v) is 13.9. The number of halogens is 2. The highest BCUT2D eigenvalue weighted by atomic mass is 35.5. The van der Waals surface area contributed by atoms with Gasteiger partial charge in [-0.25, -0.2) is 4.98 Å². The average Bonchev–Trinajstić information content (AvgIpc) is 3.34. The summed E-state index contributed by atoms with van der Waals surface area (Å²) in [4.78, 5) is 52.7. The van der Waals surface area contributed by atoms with Gasteiger partial charge in [0.2, 0.25) is 5.91 Å². The summed E-state index contributed by atoms with van der Waals surface area (Å²) in [6.07, 6.45) is 4.34. The van der Waals surface area contributed by atoms with Gasteiger partial charge in [-0.2, -0.15) is 0 Å². The minimum absolute atomic E-state index is 0.0907. The van der Waals surface area contributed by atoms with Crippen LogP contribution in [0.3, 0.4) is 0 Å². The highest BCUT2D eigenvalue weighted by molar-refractivity contribution is 6.34. The number of anilines is 2. The van der Waals surface area contributed by atoms with E-state index in [4.69, 9.17) is 23.2 Å². The van der Waals surface area contributed by atoms with Crippen molar-refractivity contribution in [2.24, 2.45) is 0 Å². The molecule has 206 valence electrons. The van der Waals surface area contributed by atoms with Crippen molar-refractivity contribution < 1.29 is 14.4 Å². The number of nitrogens with zero attached hydrogens (tertiary/aromatic N) is 4. The van der Waals surface area contributed by atoms with E-state index in [1.165, 1.54) is 4.90 Å². The van der Waals surface area contributed by atoms with E-state index in [0.29, 0.717) is 45.5 Å². The minimum atomic E-state index is -0.848. The van der Waals surface area contributed by atoms with Gasteiger partial charge < -0.3 is 10.2 Å². The molecular formula is C31H25Cl2N5O3. The fourth-order valence-electron chi connectivity index (χ4n) is 5.32. The van der Waals surface area contributed by atoms with Gasteiger partial charge in [0.25, 0.3) is 11.8 Å². The second-order valence-corrected chi connectivity index (χ2v) is 11.0. The van der Waals surface area contributed by atoms with Gasteiger partial charge >= 0.3 is 0 Å². The Morgan fingerprint density at radius 1 is 1.05 bits per heavy atom. The Kier molecular flexibility index (Phi) is 7.19. The quantitative estimate of drug-likeness (QED) is 0.333. The smallest absolute Gasteiger partial charge is 0.260 e. The lowest BCUT2D eigenvalue weighted by molar-refractivity contribution is -0.120. The van der Waals surface area contributed by atoms with Gasteiger partial charge in [-0.3, -0.25) is 24.3 Å². The maximum absolute atomic E-state index is 13.8. The Balaban J connectivity index is 1.31. The third-order valence-corrected chi connectivity index (χ3v) is 7.89. The molecule has 8 nitrogen and oxygen atoms in total. The van der Waals surface area contributed by atoms with Crippen molar-refractivity contribution in [2.45, 2.75) is 32.4 Å².